The zero-order valence-electron chi connectivity index (χ0n) is 10.5. The molecular formula is C14H11NO5. The molecule has 2 aromatic rings. The Labute approximate surface area is 113 Å². The lowest BCUT2D eigenvalue weighted by atomic mass is 10.2. The number of aryl methyl sites for hydroxylation is 1. The number of hydrogen-bond donors (Lipinski definition) is 2. The Hall–Kier alpha value is -2.89. The van der Waals surface area contributed by atoms with Crippen molar-refractivity contribution < 1.29 is 19.8 Å². The molecule has 0 spiro atoms. The molecule has 20 heavy (non-hydrogen) atoms. The Bertz CT molecular complexity index is 705. The molecule has 102 valence electrons. The average Bonchev–Trinajstić information content (AvgIpc) is 2.38. The quantitative estimate of drug-likeness (QED) is 0.884. The summed E-state index contributed by atoms with van der Waals surface area (Å²) < 4.78 is 1.03. The highest BCUT2D eigenvalue weighted by Crippen LogP contribution is 2.15. The maximum atomic E-state index is 11.4. The zero-order valence-corrected chi connectivity index (χ0v) is 10.5. The van der Waals surface area contributed by atoms with Crippen molar-refractivity contribution >= 4 is 11.9 Å². The van der Waals surface area contributed by atoms with Gasteiger partial charge in [-0.25, -0.2) is 9.59 Å². The van der Waals surface area contributed by atoms with Gasteiger partial charge < -0.3 is 10.2 Å². The van der Waals surface area contributed by atoms with Crippen LogP contribution in [0.25, 0.3) is 5.69 Å². The summed E-state index contributed by atoms with van der Waals surface area (Å²) in [5.41, 5.74) is -0.130. The largest absolute Gasteiger partial charge is 0.477 e. The molecule has 0 aliphatic heterocycles. The fourth-order valence-electron chi connectivity index (χ4n) is 1.86. The normalized spacial score (nSPS) is 10.2. The minimum Gasteiger partial charge on any atom is -0.477 e. The van der Waals surface area contributed by atoms with Gasteiger partial charge in [-0.2, -0.15) is 0 Å². The van der Waals surface area contributed by atoms with Crippen molar-refractivity contribution in [2.24, 2.45) is 0 Å². The van der Waals surface area contributed by atoms with Gasteiger partial charge in [-0.3, -0.25) is 9.36 Å². The predicted octanol–water partition coefficient (Wildman–Crippen LogP) is 1.54. The second kappa shape index (κ2) is 5.00. The number of carboxylic acids is 2. The number of nitrogens with zero attached hydrogens (tertiary/aromatic N) is 1. The Kier molecular flexibility index (Phi) is 3.39. The molecule has 2 N–H and O–H groups in total. The molecule has 0 atom stereocenters. The first-order valence-corrected chi connectivity index (χ1v) is 5.71. The van der Waals surface area contributed by atoms with Gasteiger partial charge in [0.15, 0.2) is 5.43 Å². The number of aromatic carboxylic acids is 2. The summed E-state index contributed by atoms with van der Waals surface area (Å²) in [5, 5.41) is 18.3. The molecule has 0 bridgehead atoms. The van der Waals surface area contributed by atoms with E-state index in [0.29, 0.717) is 5.69 Å². The summed E-state index contributed by atoms with van der Waals surface area (Å²) in [7, 11) is 0. The van der Waals surface area contributed by atoms with Crippen molar-refractivity contribution in [3.8, 4) is 5.69 Å². The summed E-state index contributed by atoms with van der Waals surface area (Å²) in [5.74, 6) is -2.74. The lowest BCUT2D eigenvalue weighted by Crippen LogP contribution is -2.22. The molecule has 2 rings (SSSR count). The van der Waals surface area contributed by atoms with E-state index in [1.165, 1.54) is 0 Å². The number of hydrogen-bond acceptors (Lipinski definition) is 3. The number of rotatable bonds is 3. The van der Waals surface area contributed by atoms with Gasteiger partial charge >= 0.3 is 11.9 Å². The van der Waals surface area contributed by atoms with Gasteiger partial charge in [0.05, 0.1) is 0 Å². The highest BCUT2D eigenvalue weighted by atomic mass is 16.4. The Morgan fingerprint density at radius 3 is 1.80 bits per heavy atom. The van der Waals surface area contributed by atoms with Crippen molar-refractivity contribution in [1.29, 1.82) is 0 Å². The number of pyridine rings is 1. The van der Waals surface area contributed by atoms with Crippen molar-refractivity contribution in [2.45, 2.75) is 6.92 Å². The number of carbonyl (C=O) groups is 2. The van der Waals surface area contributed by atoms with E-state index in [9.17, 15) is 14.4 Å². The van der Waals surface area contributed by atoms with Crippen LogP contribution in [0.15, 0.2) is 41.2 Å². The fourth-order valence-corrected chi connectivity index (χ4v) is 1.86. The highest BCUT2D eigenvalue weighted by molar-refractivity contribution is 5.91. The third-order valence-electron chi connectivity index (χ3n) is 2.77. The van der Waals surface area contributed by atoms with Crippen molar-refractivity contribution in [3.63, 3.8) is 0 Å². The third-order valence-corrected chi connectivity index (χ3v) is 2.77. The van der Waals surface area contributed by atoms with E-state index in [-0.39, 0.29) is 0 Å². The lowest BCUT2D eigenvalue weighted by molar-refractivity contribution is 0.0678. The predicted molar refractivity (Wildman–Crippen MR) is 70.7 cm³/mol. The summed E-state index contributed by atoms with van der Waals surface area (Å²) in [6.07, 6.45) is 0. The monoisotopic (exact) mass is 273 g/mol. The smallest absolute Gasteiger partial charge is 0.353 e. The maximum absolute atomic E-state index is 11.4. The van der Waals surface area contributed by atoms with Gasteiger partial charge in [-0.05, 0) is 19.1 Å². The molecule has 1 heterocycles. The van der Waals surface area contributed by atoms with Crippen LogP contribution in [0.2, 0.25) is 0 Å². The topological polar surface area (TPSA) is 96.6 Å². The van der Waals surface area contributed by atoms with Crippen LogP contribution in [0.1, 0.15) is 26.5 Å². The molecule has 0 fully saturated rings. The Balaban J connectivity index is 2.84. The van der Waals surface area contributed by atoms with E-state index < -0.39 is 28.8 Å². The standard InChI is InChI=1S/C14H11NO5/c1-8-2-4-9(5-3-8)15-11(13(17)18)6-10(16)7-12(15)14(19)20/h2-7H,1H3,(H,17,18)(H,19,20). The van der Waals surface area contributed by atoms with E-state index in [4.69, 9.17) is 10.2 Å². The molecule has 0 aliphatic rings. The molecule has 0 saturated heterocycles. The molecule has 6 nitrogen and oxygen atoms in total. The van der Waals surface area contributed by atoms with Gasteiger partial charge in [0, 0.05) is 17.8 Å². The van der Waals surface area contributed by atoms with E-state index in [1.54, 1.807) is 24.3 Å². The van der Waals surface area contributed by atoms with Crippen molar-refractivity contribution in [1.82, 2.24) is 4.57 Å². The highest BCUT2D eigenvalue weighted by Gasteiger charge is 2.19. The first kappa shape index (κ1) is 13.5. The van der Waals surface area contributed by atoms with Crippen molar-refractivity contribution in [2.75, 3.05) is 0 Å². The molecule has 0 aliphatic carbocycles. The molecule has 0 saturated carbocycles. The Morgan fingerprint density at radius 1 is 0.950 bits per heavy atom. The fraction of sp³-hybridized carbons (Fsp3) is 0.0714. The zero-order chi connectivity index (χ0) is 14.9. The molecule has 6 heteroatoms. The second-order valence-electron chi connectivity index (χ2n) is 4.24. The minimum absolute atomic E-state index is 0.366. The van der Waals surface area contributed by atoms with Crippen LogP contribution in [0.4, 0.5) is 0 Å². The van der Waals surface area contributed by atoms with Crippen LogP contribution in [0.3, 0.4) is 0 Å². The lowest BCUT2D eigenvalue weighted by Gasteiger charge is -2.14. The third kappa shape index (κ3) is 2.44. The summed E-state index contributed by atoms with van der Waals surface area (Å²) >= 11 is 0. The first-order valence-electron chi connectivity index (χ1n) is 5.71. The second-order valence-corrected chi connectivity index (χ2v) is 4.24. The van der Waals surface area contributed by atoms with Gasteiger partial charge in [0.1, 0.15) is 11.4 Å². The van der Waals surface area contributed by atoms with E-state index >= 15 is 0 Å². The molecule has 0 unspecified atom stereocenters. The van der Waals surface area contributed by atoms with Crippen LogP contribution in [0.5, 0.6) is 0 Å². The number of carboxylic acid groups (broad SMARTS) is 2. The maximum Gasteiger partial charge on any atom is 0.353 e. The van der Waals surface area contributed by atoms with E-state index in [1.807, 2.05) is 6.92 Å². The molecule has 1 aromatic heterocycles. The molecule has 1 aromatic carbocycles. The minimum atomic E-state index is -1.37. The van der Waals surface area contributed by atoms with Gasteiger partial charge in [-0.1, -0.05) is 17.7 Å². The molecule has 0 radical (unpaired) electrons. The van der Waals surface area contributed by atoms with Gasteiger partial charge in [0.2, 0.25) is 0 Å². The van der Waals surface area contributed by atoms with Gasteiger partial charge in [-0.15, -0.1) is 0 Å². The number of aromatic nitrogens is 1. The SMILES string of the molecule is Cc1ccc(-n2c(C(=O)O)cc(=O)cc2C(=O)O)cc1. The molecular weight excluding hydrogens is 262 g/mol. The van der Waals surface area contributed by atoms with Crippen LogP contribution in [-0.4, -0.2) is 26.7 Å². The van der Waals surface area contributed by atoms with Crippen molar-refractivity contribution in [3.05, 3.63) is 63.6 Å². The van der Waals surface area contributed by atoms with Gasteiger partial charge in [0.25, 0.3) is 0 Å². The Morgan fingerprint density at radius 2 is 1.40 bits per heavy atom. The first-order chi connectivity index (χ1) is 9.40. The average molecular weight is 273 g/mol. The van der Waals surface area contributed by atoms with Crippen LogP contribution in [-0.2, 0) is 0 Å². The summed E-state index contributed by atoms with van der Waals surface area (Å²) in [4.78, 5) is 33.9. The van der Waals surface area contributed by atoms with Crippen LogP contribution < -0.4 is 5.43 Å². The number of benzene rings is 1. The molecule has 0 amide bonds. The van der Waals surface area contributed by atoms with E-state index in [0.717, 1.165) is 22.3 Å². The van der Waals surface area contributed by atoms with Crippen LogP contribution >= 0.6 is 0 Å². The summed E-state index contributed by atoms with van der Waals surface area (Å²) in [6, 6.07) is 8.44. The van der Waals surface area contributed by atoms with E-state index in [2.05, 4.69) is 0 Å². The summed E-state index contributed by atoms with van der Waals surface area (Å²) in [6.45, 7) is 1.85. The van der Waals surface area contributed by atoms with Crippen LogP contribution in [0, 0.1) is 6.92 Å².